The summed E-state index contributed by atoms with van der Waals surface area (Å²) >= 11 is 6.07. The van der Waals surface area contributed by atoms with Crippen molar-refractivity contribution in [1.82, 2.24) is 5.32 Å². The Balaban J connectivity index is 2.34. The van der Waals surface area contributed by atoms with Crippen molar-refractivity contribution < 1.29 is 13.2 Å². The molecule has 0 unspecified atom stereocenters. The molecule has 2 N–H and O–H groups in total. The third-order valence-corrected chi connectivity index (χ3v) is 5.61. The van der Waals surface area contributed by atoms with Crippen LogP contribution < -0.4 is 10.0 Å². The van der Waals surface area contributed by atoms with Crippen molar-refractivity contribution in [3.05, 3.63) is 58.6 Å². The second kappa shape index (κ2) is 7.89. The second-order valence-electron chi connectivity index (χ2n) is 5.90. The van der Waals surface area contributed by atoms with Gasteiger partial charge in [-0.15, -0.1) is 0 Å². The van der Waals surface area contributed by atoms with E-state index in [1.54, 1.807) is 18.2 Å². The lowest BCUT2D eigenvalue weighted by molar-refractivity contribution is 0.0939. The monoisotopic (exact) mass is 380 g/mol. The van der Waals surface area contributed by atoms with Crippen LogP contribution in [0.2, 0.25) is 5.02 Å². The third-order valence-electron chi connectivity index (χ3n) is 3.74. The van der Waals surface area contributed by atoms with E-state index in [9.17, 15) is 13.2 Å². The smallest absolute Gasteiger partial charge is 0.263 e. The van der Waals surface area contributed by atoms with Crippen LogP contribution in [0, 0.1) is 6.92 Å². The Morgan fingerprint density at radius 1 is 1.20 bits per heavy atom. The van der Waals surface area contributed by atoms with E-state index in [-0.39, 0.29) is 27.4 Å². The molecule has 0 aromatic heterocycles. The molecule has 25 heavy (non-hydrogen) atoms. The predicted octanol–water partition coefficient (Wildman–Crippen LogP) is 3.98. The molecular formula is C18H21ClN2O3S. The molecule has 0 radical (unpaired) electrons. The largest absolute Gasteiger partial charge is 0.350 e. The molecule has 0 fully saturated rings. The minimum atomic E-state index is -3.91. The number of halogens is 1. The minimum Gasteiger partial charge on any atom is -0.350 e. The maximum Gasteiger partial charge on any atom is 0.263 e. The third kappa shape index (κ3) is 4.96. The predicted molar refractivity (Wildman–Crippen MR) is 101 cm³/mol. The fourth-order valence-electron chi connectivity index (χ4n) is 2.18. The Hall–Kier alpha value is -2.05. The molecule has 2 aromatic rings. The number of hydrogen-bond donors (Lipinski definition) is 2. The van der Waals surface area contributed by atoms with Crippen LogP contribution >= 0.6 is 11.6 Å². The van der Waals surface area contributed by atoms with Gasteiger partial charge in [-0.2, -0.15) is 0 Å². The molecule has 0 bridgehead atoms. The van der Waals surface area contributed by atoms with Crippen molar-refractivity contribution in [3.8, 4) is 0 Å². The molecule has 0 aliphatic carbocycles. The van der Waals surface area contributed by atoms with Crippen molar-refractivity contribution in [2.24, 2.45) is 0 Å². The highest BCUT2D eigenvalue weighted by Gasteiger charge is 2.21. The Morgan fingerprint density at radius 2 is 1.92 bits per heavy atom. The lowest BCUT2D eigenvalue weighted by Gasteiger charge is -2.14. The van der Waals surface area contributed by atoms with Gasteiger partial charge in [0.15, 0.2) is 0 Å². The Kier molecular flexibility index (Phi) is 6.08. The Labute approximate surface area is 153 Å². The van der Waals surface area contributed by atoms with Gasteiger partial charge in [0.25, 0.3) is 15.9 Å². The first-order valence-corrected chi connectivity index (χ1v) is 9.79. The summed E-state index contributed by atoms with van der Waals surface area (Å²) in [5.74, 6) is -0.335. The first-order valence-electron chi connectivity index (χ1n) is 7.93. The number of carbonyl (C=O) groups excluding carboxylic acids is 1. The zero-order chi connectivity index (χ0) is 18.6. The standard InChI is InChI=1S/C18H21ClN2O3S/c1-4-13(3)20-18(22)14-8-9-16(19)17(11-14)25(23,24)21-15-7-5-6-12(2)10-15/h5-11,13,21H,4H2,1-3H3,(H,20,22)/t13-/m1/s1. The molecule has 0 spiro atoms. The summed E-state index contributed by atoms with van der Waals surface area (Å²) in [6.45, 7) is 5.70. The quantitative estimate of drug-likeness (QED) is 0.795. The summed E-state index contributed by atoms with van der Waals surface area (Å²) in [6, 6.07) is 11.2. The number of nitrogens with one attached hydrogen (secondary N) is 2. The van der Waals surface area contributed by atoms with E-state index in [4.69, 9.17) is 11.6 Å². The fourth-order valence-corrected chi connectivity index (χ4v) is 3.75. The zero-order valence-electron chi connectivity index (χ0n) is 14.3. The summed E-state index contributed by atoms with van der Waals surface area (Å²) in [7, 11) is -3.91. The molecule has 2 aromatic carbocycles. The normalized spacial score (nSPS) is 12.5. The van der Waals surface area contributed by atoms with Crippen LogP contribution in [0.15, 0.2) is 47.4 Å². The van der Waals surface area contributed by atoms with Crippen molar-refractivity contribution in [1.29, 1.82) is 0 Å². The number of amides is 1. The van der Waals surface area contributed by atoms with Gasteiger partial charge < -0.3 is 5.32 Å². The minimum absolute atomic E-state index is 0.00588. The van der Waals surface area contributed by atoms with E-state index in [2.05, 4.69) is 10.0 Å². The number of anilines is 1. The molecule has 0 saturated carbocycles. The summed E-state index contributed by atoms with van der Waals surface area (Å²) in [5, 5.41) is 2.86. The number of aryl methyl sites for hydroxylation is 1. The van der Waals surface area contributed by atoms with Crippen molar-refractivity contribution in [3.63, 3.8) is 0 Å². The number of rotatable bonds is 6. The average molecular weight is 381 g/mol. The van der Waals surface area contributed by atoms with Gasteiger partial charge in [0.1, 0.15) is 4.90 Å². The van der Waals surface area contributed by atoms with Gasteiger partial charge in [-0.25, -0.2) is 8.42 Å². The summed E-state index contributed by atoms with van der Waals surface area (Å²) in [4.78, 5) is 12.1. The van der Waals surface area contributed by atoms with Crippen LogP contribution in [-0.4, -0.2) is 20.4 Å². The van der Waals surface area contributed by atoms with E-state index < -0.39 is 10.0 Å². The highest BCUT2D eigenvalue weighted by Crippen LogP contribution is 2.25. The first-order chi connectivity index (χ1) is 11.7. The van der Waals surface area contributed by atoms with E-state index in [1.807, 2.05) is 26.8 Å². The molecule has 2 rings (SSSR count). The first kappa shape index (κ1) is 19.3. The molecule has 0 aliphatic heterocycles. The Bertz CT molecular complexity index is 882. The van der Waals surface area contributed by atoms with Crippen LogP contribution in [0.4, 0.5) is 5.69 Å². The average Bonchev–Trinajstić information content (AvgIpc) is 2.54. The van der Waals surface area contributed by atoms with Crippen molar-refractivity contribution >= 4 is 33.2 Å². The summed E-state index contributed by atoms with van der Waals surface area (Å²) < 4.78 is 27.8. The van der Waals surface area contributed by atoms with Gasteiger partial charge in [-0.05, 0) is 56.2 Å². The molecular weight excluding hydrogens is 360 g/mol. The molecule has 0 aliphatic rings. The van der Waals surface area contributed by atoms with Crippen LogP contribution in [0.25, 0.3) is 0 Å². The highest BCUT2D eigenvalue weighted by molar-refractivity contribution is 7.92. The number of hydrogen-bond acceptors (Lipinski definition) is 3. The number of carbonyl (C=O) groups is 1. The molecule has 1 amide bonds. The zero-order valence-corrected chi connectivity index (χ0v) is 15.9. The molecule has 0 heterocycles. The van der Waals surface area contributed by atoms with Gasteiger partial charge in [-0.1, -0.05) is 30.7 Å². The van der Waals surface area contributed by atoms with E-state index >= 15 is 0 Å². The molecule has 1 atom stereocenters. The van der Waals surface area contributed by atoms with Gasteiger partial charge in [0.2, 0.25) is 0 Å². The van der Waals surface area contributed by atoms with Gasteiger partial charge >= 0.3 is 0 Å². The van der Waals surface area contributed by atoms with Gasteiger partial charge in [-0.3, -0.25) is 9.52 Å². The van der Waals surface area contributed by atoms with E-state index in [0.717, 1.165) is 12.0 Å². The second-order valence-corrected chi connectivity index (χ2v) is 7.96. The number of sulfonamides is 1. The summed E-state index contributed by atoms with van der Waals surface area (Å²) in [5.41, 5.74) is 1.60. The fraction of sp³-hybridized carbons (Fsp3) is 0.278. The lowest BCUT2D eigenvalue weighted by atomic mass is 10.2. The lowest BCUT2D eigenvalue weighted by Crippen LogP contribution is -2.32. The topological polar surface area (TPSA) is 75.3 Å². The van der Waals surface area contributed by atoms with E-state index in [0.29, 0.717) is 5.69 Å². The van der Waals surface area contributed by atoms with Crippen molar-refractivity contribution in [2.45, 2.75) is 38.1 Å². The summed E-state index contributed by atoms with van der Waals surface area (Å²) in [6.07, 6.45) is 0.777. The Morgan fingerprint density at radius 3 is 2.56 bits per heavy atom. The van der Waals surface area contributed by atoms with Crippen LogP contribution in [0.1, 0.15) is 36.2 Å². The van der Waals surface area contributed by atoms with E-state index in [1.165, 1.54) is 18.2 Å². The van der Waals surface area contributed by atoms with Gasteiger partial charge in [0.05, 0.1) is 5.02 Å². The van der Waals surface area contributed by atoms with Crippen LogP contribution in [0.3, 0.4) is 0 Å². The molecule has 7 heteroatoms. The SMILES string of the molecule is CC[C@@H](C)NC(=O)c1ccc(Cl)c(S(=O)(=O)Nc2cccc(C)c2)c1. The van der Waals surface area contributed by atoms with Gasteiger partial charge in [0, 0.05) is 17.3 Å². The van der Waals surface area contributed by atoms with Crippen LogP contribution in [0.5, 0.6) is 0 Å². The maximum absolute atomic E-state index is 12.7. The maximum atomic E-state index is 12.7. The number of benzene rings is 2. The molecule has 5 nitrogen and oxygen atoms in total. The van der Waals surface area contributed by atoms with Crippen molar-refractivity contribution in [2.75, 3.05) is 4.72 Å². The molecule has 134 valence electrons. The molecule has 0 saturated heterocycles. The highest BCUT2D eigenvalue weighted by atomic mass is 35.5. The van der Waals surface area contributed by atoms with Crippen LogP contribution in [-0.2, 0) is 10.0 Å².